The van der Waals surface area contributed by atoms with Crippen molar-refractivity contribution in [2.24, 2.45) is 0 Å². The topological polar surface area (TPSA) is 146 Å². The molecule has 286 valence electrons. The molecular weight excluding hydrogens is 703 g/mol. The Kier molecular flexibility index (Phi) is 9.71. The number of carbonyl (C=O) groups excluding carboxylic acids is 2. The van der Waals surface area contributed by atoms with E-state index in [-0.39, 0.29) is 23.1 Å². The van der Waals surface area contributed by atoms with Crippen LogP contribution in [0.5, 0.6) is 5.75 Å². The van der Waals surface area contributed by atoms with E-state index in [0.29, 0.717) is 43.4 Å². The van der Waals surface area contributed by atoms with E-state index < -0.39 is 26.9 Å². The highest BCUT2D eigenvalue weighted by Gasteiger charge is 2.56. The fourth-order valence-corrected chi connectivity index (χ4v) is 11.2. The Morgan fingerprint density at radius 3 is 2.43 bits per heavy atom. The van der Waals surface area contributed by atoms with E-state index >= 15 is 0 Å². The molecule has 11 nitrogen and oxygen atoms in total. The van der Waals surface area contributed by atoms with Crippen LogP contribution in [0, 0.1) is 5.41 Å². The van der Waals surface area contributed by atoms with Crippen molar-refractivity contribution in [3.05, 3.63) is 69.9 Å². The van der Waals surface area contributed by atoms with Crippen molar-refractivity contribution in [3.8, 4) is 17.0 Å². The van der Waals surface area contributed by atoms with Crippen LogP contribution in [0.25, 0.3) is 28.2 Å². The monoisotopic (exact) mass is 753 g/mol. The van der Waals surface area contributed by atoms with Gasteiger partial charge in [-0.2, -0.15) is 0 Å². The number of hydrogen-bond acceptors (Lipinski definition) is 8. The highest BCUT2D eigenvalue weighted by Crippen LogP contribution is 2.48. The fraction of sp³-hybridized carbons (Fsp3) is 0.500. The molecule has 4 fully saturated rings. The second-order valence-corrected chi connectivity index (χ2v) is 17.7. The van der Waals surface area contributed by atoms with Gasteiger partial charge >= 0.3 is 0 Å². The number of fused-ring (bicyclic) bond motifs is 5. The van der Waals surface area contributed by atoms with Gasteiger partial charge < -0.3 is 29.7 Å². The summed E-state index contributed by atoms with van der Waals surface area (Å²) in [6.45, 7) is 2.88. The highest BCUT2D eigenvalue weighted by molar-refractivity contribution is 7.90. The molecule has 2 saturated carbocycles. The predicted octanol–water partition coefficient (Wildman–Crippen LogP) is 7.01. The van der Waals surface area contributed by atoms with Gasteiger partial charge in [-0.3, -0.25) is 9.59 Å². The van der Waals surface area contributed by atoms with Crippen molar-refractivity contribution in [1.82, 2.24) is 19.5 Å². The van der Waals surface area contributed by atoms with Gasteiger partial charge in [-0.15, -0.1) is 0 Å². The number of rotatable bonds is 9. The van der Waals surface area contributed by atoms with Crippen LogP contribution in [0.3, 0.4) is 0 Å². The first-order valence-corrected chi connectivity index (χ1v) is 21.2. The summed E-state index contributed by atoms with van der Waals surface area (Å²) >= 11 is 0. The molecule has 3 N–H and O–H groups in total. The molecule has 1 spiro atoms. The summed E-state index contributed by atoms with van der Waals surface area (Å²) in [5, 5.41) is 12.4. The maximum atomic E-state index is 14.5. The molecular formula is C42H51N5O6S. The van der Waals surface area contributed by atoms with E-state index in [2.05, 4.69) is 26.7 Å². The van der Waals surface area contributed by atoms with Gasteiger partial charge in [-0.05, 0) is 111 Å². The Labute approximate surface area is 317 Å². The number of nitrogens with one attached hydrogen (secondary N) is 3. The predicted molar refractivity (Wildman–Crippen MR) is 210 cm³/mol. The third-order valence-corrected chi connectivity index (χ3v) is 14.3. The number of benzene rings is 2. The molecule has 2 aliphatic carbocycles. The normalized spacial score (nSPS) is 23.6. The van der Waals surface area contributed by atoms with Gasteiger partial charge in [0.25, 0.3) is 11.8 Å². The van der Waals surface area contributed by atoms with Gasteiger partial charge in [-0.25, -0.2) is 13.1 Å². The molecule has 54 heavy (non-hydrogen) atoms. The summed E-state index contributed by atoms with van der Waals surface area (Å²) in [5.41, 5.74) is 6.27. The number of methoxy groups -OCH3 is 1. The molecule has 0 radical (unpaired) electrons. The van der Waals surface area contributed by atoms with Crippen LogP contribution in [-0.4, -0.2) is 73.7 Å². The van der Waals surface area contributed by atoms with Crippen LogP contribution < -0.4 is 14.8 Å². The second-order valence-electron chi connectivity index (χ2n) is 15.8. The van der Waals surface area contributed by atoms with Crippen LogP contribution >= 0.6 is 0 Å². The van der Waals surface area contributed by atoms with Crippen LogP contribution in [0.4, 0.5) is 0 Å². The zero-order valence-electron chi connectivity index (χ0n) is 31.5. The molecule has 3 aliphatic heterocycles. The van der Waals surface area contributed by atoms with E-state index in [1.54, 1.807) is 20.2 Å². The first-order valence-electron chi connectivity index (χ1n) is 19.6. The lowest BCUT2D eigenvalue weighted by Crippen LogP contribution is -2.52. The summed E-state index contributed by atoms with van der Waals surface area (Å²) in [7, 11) is -0.385. The summed E-state index contributed by atoms with van der Waals surface area (Å²) in [4.78, 5) is 30.1. The van der Waals surface area contributed by atoms with Gasteiger partial charge in [0.15, 0.2) is 5.72 Å². The highest BCUT2D eigenvalue weighted by atomic mass is 32.2. The molecule has 2 saturated heterocycles. The number of aromatic nitrogens is 1. The van der Waals surface area contributed by atoms with Gasteiger partial charge in [0.05, 0.1) is 42.5 Å². The Balaban J connectivity index is 1.31. The zero-order valence-corrected chi connectivity index (χ0v) is 32.3. The number of carbonyl (C=O) groups is 2. The van der Waals surface area contributed by atoms with Crippen molar-refractivity contribution in [3.63, 3.8) is 0 Å². The van der Waals surface area contributed by atoms with Gasteiger partial charge in [-0.1, -0.05) is 38.2 Å². The van der Waals surface area contributed by atoms with Crippen molar-refractivity contribution in [1.29, 1.82) is 5.41 Å². The minimum atomic E-state index is -3.81. The van der Waals surface area contributed by atoms with E-state index in [9.17, 15) is 18.0 Å². The Bertz CT molecular complexity index is 2190. The van der Waals surface area contributed by atoms with Gasteiger partial charge in [0.1, 0.15) is 5.75 Å². The molecule has 2 aromatic carbocycles. The molecule has 0 bridgehead atoms. The molecule has 2 atom stereocenters. The number of ether oxygens (including phenoxy) is 2. The first-order chi connectivity index (χ1) is 26.1. The molecule has 2 amide bonds. The quantitative estimate of drug-likeness (QED) is 0.121. The van der Waals surface area contributed by atoms with Crippen molar-refractivity contribution in [2.45, 2.75) is 113 Å². The van der Waals surface area contributed by atoms with Crippen molar-refractivity contribution >= 4 is 45.0 Å². The van der Waals surface area contributed by atoms with Crippen LogP contribution in [-0.2, 0) is 26.1 Å². The van der Waals surface area contributed by atoms with Crippen molar-refractivity contribution in [2.75, 3.05) is 20.8 Å². The number of epoxide rings is 1. The van der Waals surface area contributed by atoms with Crippen molar-refractivity contribution < 1.29 is 27.5 Å². The molecule has 2 unspecified atom stereocenters. The van der Waals surface area contributed by atoms with E-state index in [4.69, 9.17) is 14.9 Å². The summed E-state index contributed by atoms with van der Waals surface area (Å²) in [6.07, 6.45) is 14.2. The first kappa shape index (κ1) is 36.6. The fourth-order valence-electron chi connectivity index (χ4n) is 9.72. The average molecular weight is 754 g/mol. The van der Waals surface area contributed by atoms with Crippen LogP contribution in [0.2, 0.25) is 0 Å². The lowest BCUT2D eigenvalue weighted by atomic mass is 9.81. The molecule has 4 heterocycles. The number of likely N-dealkylation sites (tertiary alicyclic amines) is 1. The lowest BCUT2D eigenvalue weighted by molar-refractivity contribution is -0.138. The van der Waals surface area contributed by atoms with E-state index in [1.807, 2.05) is 36.1 Å². The number of likely N-dealkylation sites (N-methyl/N-ethyl adjacent to an activating group) is 1. The number of allylic oxidation sites excluding steroid dienone is 1. The van der Waals surface area contributed by atoms with Gasteiger partial charge in [0.2, 0.25) is 10.0 Å². The molecule has 8 rings (SSSR count). The Hall–Kier alpha value is -4.42. The van der Waals surface area contributed by atoms with Crippen LogP contribution in [0.1, 0.15) is 111 Å². The SMILES string of the molecule is CN/C(C1=Cc2cc(OC)ccc2-c2c(C3CCCCC3)c3ccc(C(=O)NS(=O)(=O)C4CCCC4)cc3n2C1)=C(\C=N)C(=O)N1C(C)CCCC12CO2. The summed E-state index contributed by atoms with van der Waals surface area (Å²) in [5.74, 6) is 0.124. The van der Waals surface area contributed by atoms with Gasteiger partial charge in [0, 0.05) is 41.3 Å². The average Bonchev–Trinajstić information content (AvgIpc) is 3.59. The minimum absolute atomic E-state index is 0.0324. The third kappa shape index (κ3) is 6.34. The molecule has 12 heteroatoms. The Morgan fingerprint density at radius 1 is 1.00 bits per heavy atom. The lowest BCUT2D eigenvalue weighted by Gasteiger charge is -2.39. The Morgan fingerprint density at radius 2 is 1.74 bits per heavy atom. The smallest absolute Gasteiger partial charge is 0.264 e. The number of nitrogens with zero attached hydrogens (tertiary/aromatic N) is 2. The maximum absolute atomic E-state index is 14.5. The molecule has 5 aliphatic rings. The summed E-state index contributed by atoms with van der Waals surface area (Å²) < 4.78 is 42.7. The minimum Gasteiger partial charge on any atom is -0.497 e. The standard InChI is InChI=1S/C42H51N5O6S/c1-26-10-9-19-42(25-53-42)47(26)41(49)35(23-43)38(44-2)30-20-29-21-31(52-3)16-18-33(29)39-37(27-11-5-4-6-12-27)34-17-15-28(22-36(34)46(39)24-30)40(48)45-54(50,51)32-13-7-8-14-32/h15-18,20-23,26-27,32,43-44H,4-14,19,24-25H2,1-3H3,(H,45,48)/b38-35+,43-23?. The number of hydrogen-bond donors (Lipinski definition) is 3. The summed E-state index contributed by atoms with van der Waals surface area (Å²) in [6, 6.07) is 11.6. The number of sulfonamides is 1. The van der Waals surface area contributed by atoms with E-state index in [1.165, 1.54) is 12.0 Å². The molecule has 1 aromatic heterocycles. The molecule has 3 aromatic rings. The van der Waals surface area contributed by atoms with E-state index in [0.717, 1.165) is 97.3 Å². The second kappa shape index (κ2) is 14.3. The largest absolute Gasteiger partial charge is 0.497 e. The van der Waals surface area contributed by atoms with Crippen LogP contribution in [0.15, 0.2) is 53.2 Å². The number of amides is 2. The maximum Gasteiger partial charge on any atom is 0.264 e. The number of piperidine rings is 1. The third-order valence-electron chi connectivity index (χ3n) is 12.5. The zero-order chi connectivity index (χ0) is 37.8.